The number of aliphatic hydroxyl groups is 1. The van der Waals surface area contributed by atoms with E-state index in [0.717, 1.165) is 35.9 Å². The molecule has 34 heavy (non-hydrogen) atoms. The summed E-state index contributed by atoms with van der Waals surface area (Å²) >= 11 is 0. The van der Waals surface area contributed by atoms with Crippen LogP contribution in [-0.4, -0.2) is 16.9 Å². The van der Waals surface area contributed by atoms with Crippen LogP contribution in [0.1, 0.15) is 111 Å². The molecule has 1 N–H and O–H groups in total. The molecule has 9 atom stereocenters. The Bertz CT molecular complexity index is 964. The van der Waals surface area contributed by atoms with Crippen LogP contribution in [0.2, 0.25) is 0 Å². The van der Waals surface area contributed by atoms with Gasteiger partial charge in [-0.25, -0.2) is 0 Å². The topological polar surface area (TPSA) is 46.3 Å². The highest BCUT2D eigenvalue weighted by atomic mass is 16.5. The zero-order valence-electron chi connectivity index (χ0n) is 22.9. The fourth-order valence-corrected chi connectivity index (χ4v) is 12.1. The molecule has 3 heteroatoms. The highest BCUT2D eigenvalue weighted by Gasteiger charge is 2.71. The third-order valence-electron chi connectivity index (χ3n) is 13.8. The van der Waals surface area contributed by atoms with Gasteiger partial charge in [-0.1, -0.05) is 53.6 Å². The minimum absolute atomic E-state index is 0.0602. The van der Waals surface area contributed by atoms with E-state index in [1.54, 1.807) is 0 Å². The summed E-state index contributed by atoms with van der Waals surface area (Å²) in [7, 11) is 0. The molecule has 4 fully saturated rings. The molecule has 0 aliphatic heterocycles. The van der Waals surface area contributed by atoms with Crippen molar-refractivity contribution in [3.63, 3.8) is 0 Å². The number of fused-ring (bicyclic) bond motifs is 8. The van der Waals surface area contributed by atoms with Crippen LogP contribution in [0.15, 0.2) is 10.7 Å². The predicted octanol–water partition coefficient (Wildman–Crippen LogP) is 7.42. The Hall–Kier alpha value is -0.830. The molecule has 0 bridgehead atoms. The standard InChI is InChI=1S/C31H49NO2/c1-19(2)21-10-13-31(18-33)15-14-29(6)22(25(21)31)8-9-24-28(5)16-20-17-32-34-26(20)27(3,4)23(28)11-12-30(24,29)7/h17,19,21-25,33H,8-16,18H2,1-7H3/t21-,22+,23-,24+,25?,28-,29+,30+,31+/m0/s1. The van der Waals surface area contributed by atoms with Gasteiger partial charge in [0.2, 0.25) is 0 Å². The molecule has 0 radical (unpaired) electrons. The van der Waals surface area contributed by atoms with Crippen LogP contribution in [0.25, 0.3) is 0 Å². The van der Waals surface area contributed by atoms with Crippen molar-refractivity contribution in [2.45, 2.75) is 112 Å². The molecule has 5 aliphatic rings. The molecular weight excluding hydrogens is 418 g/mol. The SMILES string of the molecule is CC(C)[C@@H]1CC[C@]2(CO)CC[C@]3(C)[C@H](CC[C@@H]4[C@@]5(C)Cc6cnoc6C(C)(C)[C@@H]5CC[C@]43C)C12. The highest BCUT2D eigenvalue weighted by Crippen LogP contribution is 2.77. The zero-order valence-corrected chi connectivity index (χ0v) is 22.9. The number of nitrogens with zero attached hydrogens (tertiary/aromatic N) is 1. The number of hydrogen-bond acceptors (Lipinski definition) is 3. The Kier molecular flexibility index (Phi) is 4.95. The number of hydrogen-bond donors (Lipinski definition) is 1. The van der Waals surface area contributed by atoms with Gasteiger partial charge in [0.1, 0.15) is 5.76 Å². The largest absolute Gasteiger partial charge is 0.396 e. The smallest absolute Gasteiger partial charge is 0.145 e. The van der Waals surface area contributed by atoms with Crippen LogP contribution in [0.3, 0.4) is 0 Å². The van der Waals surface area contributed by atoms with Gasteiger partial charge < -0.3 is 9.63 Å². The third-order valence-corrected chi connectivity index (χ3v) is 13.8. The molecule has 1 aromatic rings. The fourth-order valence-electron chi connectivity index (χ4n) is 12.1. The molecule has 0 aromatic carbocycles. The molecule has 0 spiro atoms. The minimum atomic E-state index is 0.0602. The summed E-state index contributed by atoms with van der Waals surface area (Å²) in [5.74, 6) is 5.58. The summed E-state index contributed by atoms with van der Waals surface area (Å²) in [6, 6.07) is 0. The van der Waals surface area contributed by atoms with Crippen LogP contribution < -0.4 is 0 Å². The van der Waals surface area contributed by atoms with Gasteiger partial charge in [0.15, 0.2) is 0 Å². The van der Waals surface area contributed by atoms with E-state index >= 15 is 0 Å². The summed E-state index contributed by atoms with van der Waals surface area (Å²) < 4.78 is 5.86. The molecule has 1 heterocycles. The van der Waals surface area contributed by atoms with Gasteiger partial charge in [0.25, 0.3) is 0 Å². The maximum atomic E-state index is 10.7. The van der Waals surface area contributed by atoms with Gasteiger partial charge in [0.05, 0.1) is 6.20 Å². The van der Waals surface area contributed by atoms with E-state index in [4.69, 9.17) is 4.52 Å². The van der Waals surface area contributed by atoms with Gasteiger partial charge in [-0.05, 0) is 115 Å². The first-order valence-corrected chi connectivity index (χ1v) is 14.5. The lowest BCUT2D eigenvalue weighted by Crippen LogP contribution is -2.66. The van der Waals surface area contributed by atoms with Crippen molar-refractivity contribution in [2.75, 3.05) is 6.61 Å². The van der Waals surface area contributed by atoms with Crippen molar-refractivity contribution in [2.24, 2.45) is 57.2 Å². The van der Waals surface area contributed by atoms with Crippen LogP contribution in [-0.2, 0) is 11.8 Å². The average Bonchev–Trinajstić information content (AvgIpc) is 3.39. The van der Waals surface area contributed by atoms with Gasteiger partial charge >= 0.3 is 0 Å². The molecular formula is C31H49NO2. The van der Waals surface area contributed by atoms with Crippen molar-refractivity contribution in [3.05, 3.63) is 17.5 Å². The molecule has 5 aliphatic carbocycles. The molecule has 190 valence electrons. The van der Waals surface area contributed by atoms with E-state index in [-0.39, 0.29) is 10.8 Å². The summed E-state index contributed by atoms with van der Waals surface area (Å²) in [5.41, 5.74) is 2.69. The Labute approximate surface area is 207 Å². The molecule has 0 saturated heterocycles. The first-order chi connectivity index (χ1) is 15.9. The molecule has 4 saturated carbocycles. The number of rotatable bonds is 2. The second-order valence-electron chi connectivity index (χ2n) is 15.2. The van der Waals surface area contributed by atoms with E-state index in [9.17, 15) is 5.11 Å². The number of aromatic nitrogens is 1. The molecule has 3 nitrogen and oxygen atoms in total. The van der Waals surface area contributed by atoms with E-state index in [1.807, 2.05) is 6.20 Å². The lowest BCUT2D eigenvalue weighted by molar-refractivity contribution is -0.231. The van der Waals surface area contributed by atoms with E-state index < -0.39 is 0 Å². The maximum absolute atomic E-state index is 10.7. The normalized spacial score (nSPS) is 51.3. The second kappa shape index (κ2) is 7.14. The molecule has 1 unspecified atom stereocenters. The third kappa shape index (κ3) is 2.61. The average molecular weight is 468 g/mol. The lowest BCUT2D eigenvalue weighted by atomic mass is 9.32. The van der Waals surface area contributed by atoms with Crippen LogP contribution in [0.4, 0.5) is 0 Å². The Morgan fingerprint density at radius 2 is 1.71 bits per heavy atom. The van der Waals surface area contributed by atoms with Gasteiger partial charge in [0, 0.05) is 17.6 Å². The minimum Gasteiger partial charge on any atom is -0.396 e. The number of aliphatic hydroxyl groups excluding tert-OH is 1. The van der Waals surface area contributed by atoms with Crippen molar-refractivity contribution >= 4 is 0 Å². The van der Waals surface area contributed by atoms with Gasteiger partial charge in [-0.3, -0.25) is 0 Å². The van der Waals surface area contributed by atoms with E-state index in [1.165, 1.54) is 56.9 Å². The maximum Gasteiger partial charge on any atom is 0.145 e. The van der Waals surface area contributed by atoms with Crippen LogP contribution in [0, 0.1) is 57.2 Å². The van der Waals surface area contributed by atoms with Crippen molar-refractivity contribution < 1.29 is 9.63 Å². The first-order valence-electron chi connectivity index (χ1n) is 14.5. The summed E-state index contributed by atoms with van der Waals surface area (Å²) in [6.45, 7) is 18.2. The van der Waals surface area contributed by atoms with Gasteiger partial charge in [-0.15, -0.1) is 0 Å². The molecule has 0 amide bonds. The molecule has 6 rings (SSSR count). The Morgan fingerprint density at radius 1 is 0.941 bits per heavy atom. The predicted molar refractivity (Wildman–Crippen MR) is 136 cm³/mol. The highest BCUT2D eigenvalue weighted by molar-refractivity contribution is 5.32. The quantitative estimate of drug-likeness (QED) is 0.492. The molecule has 1 aromatic heterocycles. The van der Waals surface area contributed by atoms with E-state index in [0.29, 0.717) is 34.7 Å². The summed E-state index contributed by atoms with van der Waals surface area (Å²) in [5, 5.41) is 15.0. The van der Waals surface area contributed by atoms with Crippen molar-refractivity contribution in [3.8, 4) is 0 Å². The van der Waals surface area contributed by atoms with Crippen molar-refractivity contribution in [1.29, 1.82) is 0 Å². The van der Waals surface area contributed by atoms with Crippen LogP contribution >= 0.6 is 0 Å². The Morgan fingerprint density at radius 3 is 2.41 bits per heavy atom. The van der Waals surface area contributed by atoms with Gasteiger partial charge in [-0.2, -0.15) is 0 Å². The Balaban J connectivity index is 1.42. The van der Waals surface area contributed by atoms with E-state index in [2.05, 4.69) is 53.6 Å². The summed E-state index contributed by atoms with van der Waals surface area (Å²) in [4.78, 5) is 0. The second-order valence-corrected chi connectivity index (χ2v) is 15.2. The fraction of sp³-hybridized carbons (Fsp3) is 0.903. The zero-order chi connectivity index (χ0) is 24.3. The summed E-state index contributed by atoms with van der Waals surface area (Å²) in [6.07, 6.45) is 13.7. The monoisotopic (exact) mass is 467 g/mol. The lowest BCUT2D eigenvalue weighted by Gasteiger charge is -2.72. The van der Waals surface area contributed by atoms with Crippen molar-refractivity contribution in [1.82, 2.24) is 5.16 Å². The first kappa shape index (κ1) is 23.6. The van der Waals surface area contributed by atoms with Crippen LogP contribution in [0.5, 0.6) is 0 Å².